The Bertz CT molecular complexity index is 904. The molecule has 150 valence electrons. The number of nitrogens with zero attached hydrogens (tertiary/aromatic N) is 3. The monoisotopic (exact) mass is 399 g/mol. The van der Waals surface area contributed by atoms with Gasteiger partial charge in [0.05, 0.1) is 16.7 Å². The molecule has 0 unspecified atom stereocenters. The van der Waals surface area contributed by atoms with Crippen molar-refractivity contribution in [3.63, 3.8) is 0 Å². The molecule has 1 amide bonds. The Kier molecular flexibility index (Phi) is 6.04. The number of aromatic nitrogens is 2. The van der Waals surface area contributed by atoms with Gasteiger partial charge < -0.3 is 4.90 Å². The molecule has 6 heteroatoms. The van der Waals surface area contributed by atoms with Gasteiger partial charge in [0.1, 0.15) is 0 Å². The van der Waals surface area contributed by atoms with E-state index in [1.165, 1.54) is 24.6 Å². The van der Waals surface area contributed by atoms with Crippen LogP contribution in [0.2, 0.25) is 0 Å². The lowest BCUT2D eigenvalue weighted by atomic mass is 9.95. The molecule has 0 bridgehead atoms. The first-order valence-corrected chi connectivity index (χ1v) is 11.5. The summed E-state index contributed by atoms with van der Waals surface area (Å²) in [6, 6.07) is 7.75. The summed E-state index contributed by atoms with van der Waals surface area (Å²) >= 11 is 1.43. The lowest BCUT2D eigenvalue weighted by Crippen LogP contribution is -2.40. The predicted octanol–water partition coefficient (Wildman–Crippen LogP) is 4.25. The summed E-state index contributed by atoms with van der Waals surface area (Å²) in [6.45, 7) is 3.91. The van der Waals surface area contributed by atoms with Crippen molar-refractivity contribution in [2.75, 3.05) is 18.8 Å². The van der Waals surface area contributed by atoms with Gasteiger partial charge in [0.2, 0.25) is 5.91 Å². The Balaban J connectivity index is 1.61. The maximum absolute atomic E-state index is 13.3. The summed E-state index contributed by atoms with van der Waals surface area (Å²) in [5.74, 6) is 1.08. The molecule has 1 aromatic heterocycles. The first-order valence-electron chi connectivity index (χ1n) is 10.6. The molecule has 0 N–H and O–H groups in total. The van der Waals surface area contributed by atoms with E-state index in [1.54, 1.807) is 0 Å². The highest BCUT2D eigenvalue weighted by molar-refractivity contribution is 7.99. The van der Waals surface area contributed by atoms with Crippen LogP contribution in [0, 0.1) is 5.92 Å². The molecule has 2 aliphatic rings. The van der Waals surface area contributed by atoms with Gasteiger partial charge in [0.25, 0.3) is 5.56 Å². The molecule has 2 aromatic rings. The van der Waals surface area contributed by atoms with Crippen LogP contribution in [0.4, 0.5) is 0 Å². The van der Waals surface area contributed by atoms with Crippen LogP contribution in [-0.4, -0.2) is 39.2 Å². The molecule has 5 nitrogen and oxygen atoms in total. The number of thioether (sulfide) groups is 1. The minimum atomic E-state index is 0.0408. The van der Waals surface area contributed by atoms with E-state index in [2.05, 4.69) is 6.92 Å². The van der Waals surface area contributed by atoms with Crippen LogP contribution >= 0.6 is 11.8 Å². The van der Waals surface area contributed by atoms with Gasteiger partial charge in [-0.25, -0.2) is 4.98 Å². The second-order valence-corrected chi connectivity index (χ2v) is 9.20. The van der Waals surface area contributed by atoms with Gasteiger partial charge in [0.15, 0.2) is 5.16 Å². The number of amides is 1. The van der Waals surface area contributed by atoms with Gasteiger partial charge >= 0.3 is 0 Å². The number of benzene rings is 1. The summed E-state index contributed by atoms with van der Waals surface area (Å²) < 4.78 is 1.89. The Morgan fingerprint density at radius 1 is 1.14 bits per heavy atom. The van der Waals surface area contributed by atoms with Gasteiger partial charge in [-0.05, 0) is 43.7 Å². The third kappa shape index (κ3) is 4.12. The number of hydrogen-bond donors (Lipinski definition) is 0. The van der Waals surface area contributed by atoms with Crippen LogP contribution in [0.5, 0.6) is 0 Å². The molecule has 0 radical (unpaired) electrons. The molecule has 1 saturated carbocycles. The summed E-state index contributed by atoms with van der Waals surface area (Å²) in [6.07, 6.45) is 7.86. The summed E-state index contributed by atoms with van der Waals surface area (Å²) in [4.78, 5) is 32.8. The maximum atomic E-state index is 13.3. The highest BCUT2D eigenvalue weighted by Gasteiger charge is 2.24. The molecule has 2 heterocycles. The fourth-order valence-electron chi connectivity index (χ4n) is 4.52. The van der Waals surface area contributed by atoms with E-state index in [0.717, 1.165) is 50.7 Å². The molecular formula is C22H29N3O2S. The van der Waals surface area contributed by atoms with Crippen molar-refractivity contribution >= 4 is 28.6 Å². The normalized spacial score (nSPS) is 21.2. The molecule has 28 heavy (non-hydrogen) atoms. The van der Waals surface area contributed by atoms with E-state index < -0.39 is 0 Å². The third-order valence-electron chi connectivity index (χ3n) is 6.05. The number of hydrogen-bond acceptors (Lipinski definition) is 4. The van der Waals surface area contributed by atoms with Crippen molar-refractivity contribution in [1.29, 1.82) is 0 Å². The second kappa shape index (κ2) is 8.68. The fourth-order valence-corrected chi connectivity index (χ4v) is 5.49. The third-order valence-corrected chi connectivity index (χ3v) is 6.99. The van der Waals surface area contributed by atoms with Crippen LogP contribution in [0.1, 0.15) is 57.9 Å². The largest absolute Gasteiger partial charge is 0.342 e. The number of carbonyl (C=O) groups excluding carboxylic acids is 1. The zero-order chi connectivity index (χ0) is 19.5. The quantitative estimate of drug-likeness (QED) is 0.570. The minimum Gasteiger partial charge on any atom is -0.342 e. The van der Waals surface area contributed by atoms with Gasteiger partial charge in [-0.2, -0.15) is 0 Å². The number of rotatable bonds is 4. The fraction of sp³-hybridized carbons (Fsp3) is 0.591. The number of piperidine rings is 1. The van der Waals surface area contributed by atoms with Crippen LogP contribution in [0.25, 0.3) is 10.9 Å². The zero-order valence-electron chi connectivity index (χ0n) is 16.6. The van der Waals surface area contributed by atoms with Crippen molar-refractivity contribution in [2.24, 2.45) is 5.92 Å². The Morgan fingerprint density at radius 2 is 1.93 bits per heavy atom. The van der Waals surface area contributed by atoms with Crippen molar-refractivity contribution in [3.8, 4) is 0 Å². The van der Waals surface area contributed by atoms with Crippen LogP contribution in [-0.2, 0) is 4.79 Å². The highest BCUT2D eigenvalue weighted by atomic mass is 32.2. The van der Waals surface area contributed by atoms with E-state index in [1.807, 2.05) is 33.7 Å². The lowest BCUT2D eigenvalue weighted by Gasteiger charge is -2.31. The number of carbonyl (C=O) groups is 1. The first kappa shape index (κ1) is 19.5. The van der Waals surface area contributed by atoms with Crippen LogP contribution in [0.3, 0.4) is 0 Å². The Hall–Kier alpha value is -1.82. The average molecular weight is 400 g/mol. The zero-order valence-corrected chi connectivity index (χ0v) is 17.4. The lowest BCUT2D eigenvalue weighted by molar-refractivity contribution is -0.130. The Morgan fingerprint density at radius 3 is 2.71 bits per heavy atom. The molecule has 0 spiro atoms. The van der Waals surface area contributed by atoms with Gasteiger partial charge in [-0.1, -0.05) is 50.1 Å². The number of fused-ring (bicyclic) bond motifs is 1. The smallest absolute Gasteiger partial charge is 0.262 e. The maximum Gasteiger partial charge on any atom is 0.262 e. The molecule has 4 rings (SSSR count). The molecule has 1 saturated heterocycles. The van der Waals surface area contributed by atoms with Crippen molar-refractivity contribution in [1.82, 2.24) is 14.5 Å². The topological polar surface area (TPSA) is 55.2 Å². The van der Waals surface area contributed by atoms with Crippen molar-refractivity contribution in [3.05, 3.63) is 34.6 Å². The number of likely N-dealkylation sites (tertiary alicyclic amines) is 1. The van der Waals surface area contributed by atoms with E-state index in [9.17, 15) is 9.59 Å². The standard InChI is InChI=1S/C22H29N3O2S/c1-16-8-7-13-24(14-16)20(26)15-28-22-23-19-12-6-5-11-18(19)21(27)25(22)17-9-3-2-4-10-17/h5-6,11-12,16-17H,2-4,7-10,13-15H2,1H3/t16-/m1/s1. The average Bonchev–Trinajstić information content (AvgIpc) is 2.73. The van der Waals surface area contributed by atoms with Gasteiger partial charge in [0, 0.05) is 19.1 Å². The molecule has 1 aliphatic carbocycles. The van der Waals surface area contributed by atoms with Crippen molar-refractivity contribution in [2.45, 2.75) is 63.1 Å². The summed E-state index contributed by atoms with van der Waals surface area (Å²) in [5.41, 5.74) is 0.764. The Labute approximate surface area is 170 Å². The first-order chi connectivity index (χ1) is 13.6. The molecule has 1 atom stereocenters. The van der Waals surface area contributed by atoms with E-state index in [-0.39, 0.29) is 17.5 Å². The van der Waals surface area contributed by atoms with Crippen LogP contribution < -0.4 is 5.56 Å². The molecule has 1 aliphatic heterocycles. The molecule has 2 fully saturated rings. The SMILES string of the molecule is C[C@@H]1CCCN(C(=O)CSc2nc3ccccc3c(=O)n2C2CCCCC2)C1. The van der Waals surface area contributed by atoms with Gasteiger partial charge in [-0.3, -0.25) is 14.2 Å². The highest BCUT2D eigenvalue weighted by Crippen LogP contribution is 2.31. The predicted molar refractivity (Wildman–Crippen MR) is 114 cm³/mol. The van der Waals surface area contributed by atoms with E-state index in [0.29, 0.717) is 22.2 Å². The van der Waals surface area contributed by atoms with Crippen LogP contribution in [0.15, 0.2) is 34.2 Å². The van der Waals surface area contributed by atoms with Gasteiger partial charge in [-0.15, -0.1) is 0 Å². The second-order valence-electron chi connectivity index (χ2n) is 8.25. The van der Waals surface area contributed by atoms with E-state index >= 15 is 0 Å². The minimum absolute atomic E-state index is 0.0408. The summed E-state index contributed by atoms with van der Waals surface area (Å²) in [7, 11) is 0. The van der Waals surface area contributed by atoms with Crippen molar-refractivity contribution < 1.29 is 4.79 Å². The molecular weight excluding hydrogens is 370 g/mol. The summed E-state index contributed by atoms with van der Waals surface area (Å²) in [5, 5.41) is 1.38. The van der Waals surface area contributed by atoms with E-state index in [4.69, 9.17) is 4.98 Å². The number of para-hydroxylation sites is 1. The molecule has 1 aromatic carbocycles.